The first-order valence-corrected chi connectivity index (χ1v) is 10.2. The van der Waals surface area contributed by atoms with Crippen LogP contribution in [0.1, 0.15) is 84.0 Å². The highest BCUT2D eigenvalue weighted by Crippen LogP contribution is 2.20. The van der Waals surface area contributed by atoms with Crippen molar-refractivity contribution in [2.24, 2.45) is 0 Å². The Kier molecular flexibility index (Phi) is 10.8. The molecule has 0 aromatic carbocycles. The lowest BCUT2D eigenvalue weighted by molar-refractivity contribution is -0.908. The number of carbonyl (C=O) groups excluding carboxylic acids is 1. The van der Waals surface area contributed by atoms with Gasteiger partial charge >= 0.3 is 11.9 Å². The van der Waals surface area contributed by atoms with Crippen molar-refractivity contribution in [1.29, 1.82) is 0 Å². The van der Waals surface area contributed by atoms with Crippen molar-refractivity contribution in [3.8, 4) is 0 Å². The van der Waals surface area contributed by atoms with E-state index in [4.69, 9.17) is 9.84 Å². The number of ether oxygens (including phenoxy) is 1. The van der Waals surface area contributed by atoms with Gasteiger partial charge in [-0.15, -0.1) is 0 Å². The summed E-state index contributed by atoms with van der Waals surface area (Å²) in [6.07, 6.45) is 13.2. The van der Waals surface area contributed by atoms with E-state index >= 15 is 0 Å². The quantitative estimate of drug-likeness (QED) is 0.306. The molecule has 0 bridgehead atoms. The van der Waals surface area contributed by atoms with Crippen LogP contribution in [0.15, 0.2) is 0 Å². The number of unbranched alkanes of at least 4 members (excludes halogenated alkanes) is 8. The highest BCUT2D eigenvalue weighted by Gasteiger charge is 2.33. The van der Waals surface area contributed by atoms with Crippen molar-refractivity contribution in [3.05, 3.63) is 0 Å². The van der Waals surface area contributed by atoms with Crippen molar-refractivity contribution in [1.82, 2.24) is 0 Å². The van der Waals surface area contributed by atoms with Gasteiger partial charge < -0.3 is 14.3 Å². The second kappa shape index (κ2) is 12.3. The molecular formula is C20H38NO4+. The van der Waals surface area contributed by atoms with Gasteiger partial charge in [-0.25, -0.2) is 4.79 Å². The molecule has 5 heteroatoms. The molecule has 0 amide bonds. The lowest BCUT2D eigenvalue weighted by Gasteiger charge is -2.38. The third-order valence-electron chi connectivity index (χ3n) is 5.28. The van der Waals surface area contributed by atoms with Gasteiger partial charge in [-0.2, -0.15) is 0 Å². The van der Waals surface area contributed by atoms with E-state index in [0.717, 1.165) is 38.8 Å². The van der Waals surface area contributed by atoms with Gasteiger partial charge in [0, 0.05) is 19.3 Å². The lowest BCUT2D eigenvalue weighted by Crippen LogP contribution is -2.53. The molecular weight excluding hydrogens is 318 g/mol. The zero-order chi connectivity index (χ0) is 18.5. The van der Waals surface area contributed by atoms with Crippen LogP contribution in [0, 0.1) is 0 Å². The zero-order valence-electron chi connectivity index (χ0n) is 16.3. The highest BCUT2D eigenvalue weighted by atomic mass is 16.5. The molecule has 0 aromatic rings. The summed E-state index contributed by atoms with van der Waals surface area (Å²) in [7, 11) is 1.97. The SMILES string of the molecule is CCCCCCCCCCCC(=O)OC1CC[N+](C)(CC(=O)O)CC1. The van der Waals surface area contributed by atoms with Gasteiger partial charge in [-0.3, -0.25) is 4.79 Å². The Morgan fingerprint density at radius 2 is 1.48 bits per heavy atom. The maximum absolute atomic E-state index is 11.9. The first-order chi connectivity index (χ1) is 11.9. The number of esters is 1. The molecule has 0 saturated carbocycles. The third kappa shape index (κ3) is 10.5. The molecule has 0 radical (unpaired) electrons. The number of piperidine rings is 1. The monoisotopic (exact) mass is 356 g/mol. The number of quaternary nitrogens is 1. The second-order valence-electron chi connectivity index (χ2n) is 7.89. The summed E-state index contributed by atoms with van der Waals surface area (Å²) in [4.78, 5) is 22.8. The fraction of sp³-hybridized carbons (Fsp3) is 0.900. The van der Waals surface area contributed by atoms with Crippen molar-refractivity contribution in [3.63, 3.8) is 0 Å². The van der Waals surface area contributed by atoms with Gasteiger partial charge in [-0.1, -0.05) is 58.3 Å². The topological polar surface area (TPSA) is 63.6 Å². The Labute approximate surface area is 153 Å². The van der Waals surface area contributed by atoms with Crippen molar-refractivity contribution < 1.29 is 23.9 Å². The van der Waals surface area contributed by atoms with Crippen LogP contribution in [-0.2, 0) is 14.3 Å². The summed E-state index contributed by atoms with van der Waals surface area (Å²) in [6.45, 7) is 3.92. The molecule has 1 saturated heterocycles. The normalized spacial score (nSPS) is 23.4. The van der Waals surface area contributed by atoms with Crippen LogP contribution in [0.25, 0.3) is 0 Å². The Balaban J connectivity index is 2.01. The summed E-state index contributed by atoms with van der Waals surface area (Å²) in [5.41, 5.74) is 0. The van der Waals surface area contributed by atoms with Crippen LogP contribution in [-0.4, -0.2) is 54.3 Å². The molecule has 5 nitrogen and oxygen atoms in total. The van der Waals surface area contributed by atoms with Crippen molar-refractivity contribution >= 4 is 11.9 Å². The van der Waals surface area contributed by atoms with E-state index in [2.05, 4.69) is 6.92 Å². The molecule has 1 aliphatic heterocycles. The molecule has 1 heterocycles. The summed E-state index contributed by atoms with van der Waals surface area (Å²) >= 11 is 0. The van der Waals surface area contributed by atoms with E-state index in [1.165, 1.54) is 44.9 Å². The van der Waals surface area contributed by atoms with E-state index in [-0.39, 0.29) is 18.6 Å². The predicted molar refractivity (Wildman–Crippen MR) is 99.4 cm³/mol. The van der Waals surface area contributed by atoms with Gasteiger partial charge in [0.1, 0.15) is 6.10 Å². The van der Waals surface area contributed by atoms with Gasteiger partial charge in [0.05, 0.1) is 20.1 Å². The van der Waals surface area contributed by atoms with E-state index in [1.54, 1.807) is 0 Å². The van der Waals surface area contributed by atoms with Crippen LogP contribution in [0.3, 0.4) is 0 Å². The lowest BCUT2D eigenvalue weighted by atomic mass is 10.0. The number of nitrogens with zero attached hydrogens (tertiary/aromatic N) is 1. The summed E-state index contributed by atoms with van der Waals surface area (Å²) < 4.78 is 6.11. The molecule has 0 spiro atoms. The first-order valence-electron chi connectivity index (χ1n) is 10.2. The molecule has 146 valence electrons. The fourth-order valence-electron chi connectivity index (χ4n) is 3.59. The molecule has 0 aliphatic carbocycles. The van der Waals surface area contributed by atoms with Crippen LogP contribution in [0.4, 0.5) is 0 Å². The van der Waals surface area contributed by atoms with Crippen LogP contribution in [0.2, 0.25) is 0 Å². The van der Waals surface area contributed by atoms with Crippen molar-refractivity contribution in [2.75, 3.05) is 26.7 Å². The number of aliphatic carboxylic acids is 1. The average Bonchev–Trinajstić information content (AvgIpc) is 2.55. The Bertz CT molecular complexity index is 389. The minimum Gasteiger partial charge on any atom is -0.477 e. The number of carbonyl (C=O) groups is 2. The maximum Gasteiger partial charge on any atom is 0.359 e. The van der Waals surface area contributed by atoms with Crippen LogP contribution >= 0.6 is 0 Å². The average molecular weight is 357 g/mol. The van der Waals surface area contributed by atoms with Gasteiger partial charge in [0.25, 0.3) is 0 Å². The van der Waals surface area contributed by atoms with E-state index in [1.807, 2.05) is 7.05 Å². The number of likely N-dealkylation sites (N-methyl/N-ethyl adjacent to an activating group) is 1. The fourth-order valence-corrected chi connectivity index (χ4v) is 3.59. The molecule has 0 atom stereocenters. The number of likely N-dealkylation sites (tertiary alicyclic amines) is 1. The Morgan fingerprint density at radius 1 is 0.960 bits per heavy atom. The Morgan fingerprint density at radius 3 is 2.00 bits per heavy atom. The number of rotatable bonds is 13. The van der Waals surface area contributed by atoms with Crippen molar-refractivity contribution in [2.45, 2.75) is 90.1 Å². The molecule has 1 N–H and O–H groups in total. The minimum atomic E-state index is -0.761. The number of carboxylic acids is 1. The van der Waals surface area contributed by atoms with E-state index < -0.39 is 5.97 Å². The maximum atomic E-state index is 11.9. The van der Waals surface area contributed by atoms with Gasteiger partial charge in [0.15, 0.2) is 6.54 Å². The summed E-state index contributed by atoms with van der Waals surface area (Å²) in [5.74, 6) is -0.842. The molecule has 0 unspecified atom stereocenters. The van der Waals surface area contributed by atoms with Gasteiger partial charge in [0.2, 0.25) is 0 Å². The second-order valence-corrected chi connectivity index (χ2v) is 7.89. The third-order valence-corrected chi connectivity index (χ3v) is 5.28. The largest absolute Gasteiger partial charge is 0.477 e. The van der Waals surface area contributed by atoms with Crippen LogP contribution in [0.5, 0.6) is 0 Å². The smallest absolute Gasteiger partial charge is 0.359 e. The first kappa shape index (κ1) is 21.9. The molecule has 0 aromatic heterocycles. The Hall–Kier alpha value is -1.10. The number of hydrogen-bond donors (Lipinski definition) is 1. The molecule has 1 fully saturated rings. The van der Waals surface area contributed by atoms with E-state index in [9.17, 15) is 9.59 Å². The predicted octanol–water partition coefficient (Wildman–Crippen LogP) is 4.14. The molecule has 1 aliphatic rings. The molecule has 25 heavy (non-hydrogen) atoms. The van der Waals surface area contributed by atoms with E-state index in [0.29, 0.717) is 10.9 Å². The molecule has 1 rings (SSSR count). The minimum absolute atomic E-state index is 0.0222. The zero-order valence-corrected chi connectivity index (χ0v) is 16.3. The van der Waals surface area contributed by atoms with Crippen LogP contribution < -0.4 is 0 Å². The number of carboxylic acid groups (broad SMARTS) is 1. The summed E-state index contributed by atoms with van der Waals surface area (Å²) in [6, 6.07) is 0. The van der Waals surface area contributed by atoms with Gasteiger partial charge in [-0.05, 0) is 6.42 Å². The standard InChI is InChI=1S/C20H37NO4/c1-3-4-5-6-7-8-9-10-11-12-20(24)25-18-13-15-21(2,16-14-18)17-19(22)23/h18H,3-17H2,1-2H3/p+1. The number of hydrogen-bond acceptors (Lipinski definition) is 3. The summed E-state index contributed by atoms with van der Waals surface area (Å²) in [5, 5.41) is 8.95. The highest BCUT2D eigenvalue weighted by molar-refractivity contribution is 5.69.